The maximum atomic E-state index is 13.2. The highest BCUT2D eigenvalue weighted by molar-refractivity contribution is 6.37. The lowest BCUT2D eigenvalue weighted by molar-refractivity contribution is -0.114. The van der Waals surface area contributed by atoms with Gasteiger partial charge in [-0.05, 0) is 6.07 Å². The van der Waals surface area contributed by atoms with Gasteiger partial charge in [0.05, 0.1) is 10.7 Å². The molecule has 0 saturated heterocycles. The molecule has 0 aliphatic carbocycles. The summed E-state index contributed by atoms with van der Waals surface area (Å²) < 4.78 is 13.2. The molecule has 76 valence electrons. The van der Waals surface area contributed by atoms with Crippen LogP contribution >= 0.6 is 23.2 Å². The molecular formula is C8H6Cl2FNO2. The van der Waals surface area contributed by atoms with Gasteiger partial charge < -0.3 is 10.4 Å². The Kier molecular flexibility index (Phi) is 3.18. The molecular weight excluding hydrogens is 232 g/mol. The second-order valence-corrected chi connectivity index (χ2v) is 3.35. The van der Waals surface area contributed by atoms with Crippen LogP contribution in [0.4, 0.5) is 10.1 Å². The average molecular weight is 238 g/mol. The Bertz CT molecular complexity index is 395. The van der Waals surface area contributed by atoms with Crippen molar-refractivity contribution in [2.75, 3.05) is 5.32 Å². The van der Waals surface area contributed by atoms with Gasteiger partial charge in [-0.1, -0.05) is 23.2 Å². The quantitative estimate of drug-likeness (QED) is 0.583. The van der Waals surface area contributed by atoms with Gasteiger partial charge in [-0.2, -0.15) is 0 Å². The van der Waals surface area contributed by atoms with Gasteiger partial charge in [0.15, 0.2) is 11.6 Å². The number of phenolic OH excluding ortho intramolecular Hbond substituents is 1. The summed E-state index contributed by atoms with van der Waals surface area (Å²) in [7, 11) is 0. The molecule has 1 aromatic carbocycles. The van der Waals surface area contributed by atoms with Crippen molar-refractivity contribution in [1.29, 1.82) is 0 Å². The SMILES string of the molecule is CC(=O)Nc1cc(Cl)c(O)c(Cl)c1F. The van der Waals surface area contributed by atoms with Gasteiger partial charge in [-0.15, -0.1) is 0 Å². The number of hydrogen-bond acceptors (Lipinski definition) is 2. The minimum atomic E-state index is -0.913. The zero-order valence-electron chi connectivity index (χ0n) is 7.07. The van der Waals surface area contributed by atoms with Crippen LogP contribution in [0.2, 0.25) is 10.0 Å². The van der Waals surface area contributed by atoms with Crippen LogP contribution in [0.3, 0.4) is 0 Å². The van der Waals surface area contributed by atoms with E-state index >= 15 is 0 Å². The Balaban J connectivity index is 3.25. The summed E-state index contributed by atoms with van der Waals surface area (Å²) in [6.07, 6.45) is 0. The molecule has 0 aromatic heterocycles. The van der Waals surface area contributed by atoms with Crippen molar-refractivity contribution in [3.8, 4) is 5.75 Å². The van der Waals surface area contributed by atoms with Crippen LogP contribution in [0.1, 0.15) is 6.92 Å². The third-order valence-corrected chi connectivity index (χ3v) is 2.08. The minimum absolute atomic E-state index is 0.125. The molecule has 1 rings (SSSR count). The lowest BCUT2D eigenvalue weighted by Gasteiger charge is -2.07. The summed E-state index contributed by atoms with van der Waals surface area (Å²) >= 11 is 10.9. The van der Waals surface area contributed by atoms with Gasteiger partial charge >= 0.3 is 0 Å². The van der Waals surface area contributed by atoms with E-state index in [1.54, 1.807) is 0 Å². The van der Waals surface area contributed by atoms with Crippen molar-refractivity contribution in [2.24, 2.45) is 0 Å². The molecule has 0 saturated carbocycles. The van der Waals surface area contributed by atoms with Crippen molar-refractivity contribution < 1.29 is 14.3 Å². The predicted molar refractivity (Wildman–Crippen MR) is 52.4 cm³/mol. The lowest BCUT2D eigenvalue weighted by atomic mass is 10.3. The second-order valence-electron chi connectivity index (χ2n) is 2.56. The van der Waals surface area contributed by atoms with Gasteiger partial charge in [0.25, 0.3) is 0 Å². The van der Waals surface area contributed by atoms with Crippen LogP contribution in [-0.2, 0) is 4.79 Å². The topological polar surface area (TPSA) is 49.3 Å². The first-order valence-electron chi connectivity index (χ1n) is 3.57. The van der Waals surface area contributed by atoms with Gasteiger partial charge in [-0.25, -0.2) is 4.39 Å². The van der Waals surface area contributed by atoms with E-state index < -0.39 is 22.5 Å². The maximum absolute atomic E-state index is 13.2. The van der Waals surface area contributed by atoms with Gasteiger partial charge in [0.1, 0.15) is 5.02 Å². The molecule has 0 radical (unpaired) electrons. The number of carbonyl (C=O) groups is 1. The third kappa shape index (κ3) is 2.08. The highest BCUT2D eigenvalue weighted by Crippen LogP contribution is 2.37. The highest BCUT2D eigenvalue weighted by Gasteiger charge is 2.15. The molecule has 0 bridgehead atoms. The lowest BCUT2D eigenvalue weighted by Crippen LogP contribution is -2.07. The summed E-state index contributed by atoms with van der Waals surface area (Å²) in [6, 6.07) is 1.08. The number of hydrogen-bond donors (Lipinski definition) is 2. The molecule has 0 unspecified atom stereocenters. The number of benzene rings is 1. The first kappa shape index (κ1) is 11.1. The number of phenols is 1. The fourth-order valence-electron chi connectivity index (χ4n) is 0.866. The van der Waals surface area contributed by atoms with Crippen LogP contribution in [0.25, 0.3) is 0 Å². The van der Waals surface area contributed by atoms with Crippen molar-refractivity contribution in [1.82, 2.24) is 0 Å². The fraction of sp³-hybridized carbons (Fsp3) is 0.125. The van der Waals surface area contributed by atoms with E-state index in [1.165, 1.54) is 6.92 Å². The Morgan fingerprint density at radius 2 is 2.14 bits per heavy atom. The van der Waals surface area contributed by atoms with E-state index in [9.17, 15) is 9.18 Å². The summed E-state index contributed by atoms with van der Waals surface area (Å²) in [4.78, 5) is 10.6. The summed E-state index contributed by atoms with van der Waals surface area (Å²) in [5, 5.41) is 10.7. The number of aromatic hydroxyl groups is 1. The molecule has 0 atom stereocenters. The zero-order chi connectivity index (χ0) is 10.9. The molecule has 3 nitrogen and oxygen atoms in total. The standard InChI is InChI=1S/C8H6Cl2FNO2/c1-3(13)12-5-2-4(9)8(14)6(10)7(5)11/h2,14H,1H3,(H,12,13). The van der Waals surface area contributed by atoms with E-state index in [0.29, 0.717) is 0 Å². The van der Waals surface area contributed by atoms with Crippen molar-refractivity contribution >= 4 is 34.8 Å². The van der Waals surface area contributed by atoms with E-state index in [4.69, 9.17) is 28.3 Å². The van der Waals surface area contributed by atoms with Crippen molar-refractivity contribution in [2.45, 2.75) is 6.92 Å². The number of anilines is 1. The summed E-state index contributed by atoms with van der Waals surface area (Å²) in [6.45, 7) is 1.22. The maximum Gasteiger partial charge on any atom is 0.221 e. The van der Waals surface area contributed by atoms with Crippen molar-refractivity contribution in [3.05, 3.63) is 21.9 Å². The Hall–Kier alpha value is -1.00. The molecule has 0 aliphatic rings. The predicted octanol–water partition coefficient (Wildman–Crippen LogP) is 2.80. The van der Waals surface area contributed by atoms with E-state index in [0.717, 1.165) is 6.07 Å². The van der Waals surface area contributed by atoms with Crippen LogP contribution in [0.15, 0.2) is 6.07 Å². The third-order valence-electron chi connectivity index (χ3n) is 1.45. The van der Waals surface area contributed by atoms with E-state index in [2.05, 4.69) is 5.32 Å². The molecule has 0 heterocycles. The molecule has 6 heteroatoms. The van der Waals surface area contributed by atoms with Crippen LogP contribution in [0.5, 0.6) is 5.75 Å². The Morgan fingerprint density at radius 1 is 1.57 bits per heavy atom. The minimum Gasteiger partial charge on any atom is -0.505 e. The smallest absolute Gasteiger partial charge is 0.221 e. The van der Waals surface area contributed by atoms with Crippen molar-refractivity contribution in [3.63, 3.8) is 0 Å². The number of amides is 1. The molecule has 0 spiro atoms. The number of halogens is 3. The number of rotatable bonds is 1. The summed E-state index contributed by atoms with van der Waals surface area (Å²) in [5.74, 6) is -1.91. The monoisotopic (exact) mass is 237 g/mol. The average Bonchev–Trinajstić information content (AvgIpc) is 2.10. The second kappa shape index (κ2) is 4.02. The van der Waals surface area contributed by atoms with Crippen LogP contribution in [0, 0.1) is 5.82 Å². The zero-order valence-corrected chi connectivity index (χ0v) is 8.58. The Morgan fingerprint density at radius 3 is 2.64 bits per heavy atom. The van der Waals surface area contributed by atoms with E-state index in [-0.39, 0.29) is 10.7 Å². The van der Waals surface area contributed by atoms with E-state index in [1.807, 2.05) is 0 Å². The first-order valence-corrected chi connectivity index (χ1v) is 4.33. The molecule has 14 heavy (non-hydrogen) atoms. The molecule has 0 aliphatic heterocycles. The Labute approximate surface area is 89.4 Å². The molecule has 2 N–H and O–H groups in total. The first-order chi connectivity index (χ1) is 6.43. The van der Waals surface area contributed by atoms with Crippen LogP contribution < -0.4 is 5.32 Å². The largest absolute Gasteiger partial charge is 0.505 e. The number of carbonyl (C=O) groups excluding carboxylic acids is 1. The molecule has 1 amide bonds. The van der Waals surface area contributed by atoms with Gasteiger partial charge in [-0.3, -0.25) is 4.79 Å². The van der Waals surface area contributed by atoms with Crippen LogP contribution in [-0.4, -0.2) is 11.0 Å². The summed E-state index contributed by atoms with van der Waals surface area (Å²) in [5.41, 5.74) is -0.162. The normalized spacial score (nSPS) is 10.0. The highest BCUT2D eigenvalue weighted by atomic mass is 35.5. The van der Waals surface area contributed by atoms with Gasteiger partial charge in [0.2, 0.25) is 5.91 Å². The fourth-order valence-corrected chi connectivity index (χ4v) is 1.32. The molecule has 1 aromatic rings. The number of nitrogens with one attached hydrogen (secondary N) is 1. The van der Waals surface area contributed by atoms with Gasteiger partial charge in [0, 0.05) is 6.92 Å². The molecule has 0 fully saturated rings.